The van der Waals surface area contributed by atoms with Crippen molar-refractivity contribution in [3.63, 3.8) is 0 Å². The molecule has 1 aromatic rings. The number of sulfonamides is 1. The van der Waals surface area contributed by atoms with E-state index in [4.69, 9.17) is 4.74 Å². The summed E-state index contributed by atoms with van der Waals surface area (Å²) in [5.41, 5.74) is 0. The van der Waals surface area contributed by atoms with E-state index in [0.29, 0.717) is 52.2 Å². The van der Waals surface area contributed by atoms with Gasteiger partial charge in [0.25, 0.3) is 10.2 Å². The second-order valence-corrected chi connectivity index (χ2v) is 9.77. The summed E-state index contributed by atoms with van der Waals surface area (Å²) < 4.78 is 60.7. The molecule has 25 heavy (non-hydrogen) atoms. The number of rotatable bonds is 5. The molecule has 0 bridgehead atoms. The van der Waals surface area contributed by atoms with Crippen LogP contribution >= 0.6 is 0 Å². The fraction of sp³-hybridized carbons (Fsp3) is 0.600. The number of benzene rings is 1. The zero-order valence-electron chi connectivity index (χ0n) is 13.9. The molecule has 1 aromatic carbocycles. The first kappa shape index (κ1) is 18.7. The first-order valence-electron chi connectivity index (χ1n) is 8.30. The third-order valence-electron chi connectivity index (χ3n) is 4.45. The van der Waals surface area contributed by atoms with Gasteiger partial charge in [-0.3, -0.25) is 0 Å². The Morgan fingerprint density at radius 1 is 0.880 bits per heavy atom. The lowest BCUT2D eigenvalue weighted by molar-refractivity contribution is 0.0696. The summed E-state index contributed by atoms with van der Waals surface area (Å²) in [6.45, 7) is 2.16. The van der Waals surface area contributed by atoms with Crippen LogP contribution in [0.4, 0.5) is 0 Å². The lowest BCUT2D eigenvalue weighted by atomic mass is 10.1. The van der Waals surface area contributed by atoms with Gasteiger partial charge in [0, 0.05) is 32.2 Å². The molecule has 0 radical (unpaired) electrons. The molecule has 2 fully saturated rings. The van der Waals surface area contributed by atoms with E-state index in [0.717, 1.165) is 0 Å². The Kier molecular flexibility index (Phi) is 5.76. The van der Waals surface area contributed by atoms with Gasteiger partial charge in [0.05, 0.1) is 18.1 Å². The van der Waals surface area contributed by atoms with Crippen LogP contribution in [0.3, 0.4) is 0 Å². The summed E-state index contributed by atoms with van der Waals surface area (Å²) in [6, 6.07) is 7.92. The van der Waals surface area contributed by atoms with Crippen molar-refractivity contribution < 1.29 is 21.6 Å². The third kappa shape index (κ3) is 4.39. The standard InChI is InChI=1S/C15H23N3O5S2/c19-24(20,15-4-2-1-3-5-15)16-14-6-8-17(9-7-14)25(21,22)18-10-12-23-13-11-18/h1-5,14,16H,6-13H2. The predicted molar refractivity (Wildman–Crippen MR) is 92.7 cm³/mol. The molecular weight excluding hydrogens is 366 g/mol. The van der Waals surface area contributed by atoms with Crippen LogP contribution in [0.1, 0.15) is 12.8 Å². The molecule has 0 saturated carbocycles. The lowest BCUT2D eigenvalue weighted by Gasteiger charge is -2.36. The molecule has 2 saturated heterocycles. The Balaban J connectivity index is 1.58. The smallest absolute Gasteiger partial charge is 0.282 e. The monoisotopic (exact) mass is 389 g/mol. The molecule has 0 unspecified atom stereocenters. The van der Waals surface area contributed by atoms with E-state index in [-0.39, 0.29) is 10.9 Å². The Hall–Kier alpha value is -1.04. The highest BCUT2D eigenvalue weighted by molar-refractivity contribution is 7.89. The molecule has 2 aliphatic rings. The molecule has 1 N–H and O–H groups in total. The normalized spacial score (nSPS) is 22.1. The summed E-state index contributed by atoms with van der Waals surface area (Å²) >= 11 is 0. The SMILES string of the molecule is O=S(=O)(NC1CCN(S(=O)(=O)N2CCOCC2)CC1)c1ccccc1. The minimum absolute atomic E-state index is 0.221. The van der Waals surface area contributed by atoms with Crippen molar-refractivity contribution in [1.29, 1.82) is 0 Å². The minimum Gasteiger partial charge on any atom is -0.379 e. The van der Waals surface area contributed by atoms with Gasteiger partial charge in [0.15, 0.2) is 0 Å². The van der Waals surface area contributed by atoms with Crippen molar-refractivity contribution in [2.45, 2.75) is 23.8 Å². The second-order valence-electron chi connectivity index (χ2n) is 6.13. The lowest BCUT2D eigenvalue weighted by Crippen LogP contribution is -2.53. The van der Waals surface area contributed by atoms with E-state index in [2.05, 4.69) is 4.72 Å². The van der Waals surface area contributed by atoms with Crippen LogP contribution < -0.4 is 4.72 Å². The van der Waals surface area contributed by atoms with Gasteiger partial charge >= 0.3 is 0 Å². The van der Waals surface area contributed by atoms with Gasteiger partial charge < -0.3 is 4.74 Å². The fourth-order valence-electron chi connectivity index (χ4n) is 3.03. The molecule has 3 rings (SSSR count). The zero-order chi connectivity index (χ0) is 17.9. The number of nitrogens with one attached hydrogen (secondary N) is 1. The first-order valence-corrected chi connectivity index (χ1v) is 11.2. The maximum Gasteiger partial charge on any atom is 0.282 e. The minimum atomic E-state index is -3.58. The topological polar surface area (TPSA) is 96.0 Å². The van der Waals surface area contributed by atoms with Crippen molar-refractivity contribution in [3.8, 4) is 0 Å². The summed E-state index contributed by atoms with van der Waals surface area (Å²) in [5.74, 6) is 0. The van der Waals surface area contributed by atoms with Crippen LogP contribution in [-0.2, 0) is 25.0 Å². The molecule has 0 spiro atoms. The molecule has 8 nitrogen and oxygen atoms in total. The highest BCUT2D eigenvalue weighted by Gasteiger charge is 2.34. The van der Waals surface area contributed by atoms with Crippen LogP contribution in [0.5, 0.6) is 0 Å². The number of hydrogen-bond acceptors (Lipinski definition) is 5. The Morgan fingerprint density at radius 3 is 2.04 bits per heavy atom. The van der Waals surface area contributed by atoms with Crippen LogP contribution in [-0.4, -0.2) is 70.9 Å². The van der Waals surface area contributed by atoms with Crippen LogP contribution in [0.2, 0.25) is 0 Å². The zero-order valence-corrected chi connectivity index (χ0v) is 15.5. The molecule has 0 amide bonds. The molecule has 2 aliphatic heterocycles. The first-order chi connectivity index (χ1) is 11.9. The van der Waals surface area contributed by atoms with Gasteiger partial charge in [-0.1, -0.05) is 18.2 Å². The van der Waals surface area contributed by atoms with E-state index in [1.165, 1.54) is 8.61 Å². The van der Waals surface area contributed by atoms with Crippen molar-refractivity contribution in [3.05, 3.63) is 30.3 Å². The van der Waals surface area contributed by atoms with Crippen molar-refractivity contribution in [2.24, 2.45) is 0 Å². The molecule has 0 aromatic heterocycles. The van der Waals surface area contributed by atoms with Crippen molar-refractivity contribution in [2.75, 3.05) is 39.4 Å². The largest absolute Gasteiger partial charge is 0.379 e. The van der Waals surface area contributed by atoms with Crippen LogP contribution in [0.25, 0.3) is 0 Å². The van der Waals surface area contributed by atoms with Gasteiger partial charge in [-0.25, -0.2) is 13.1 Å². The number of piperidine rings is 1. The average Bonchev–Trinajstić information content (AvgIpc) is 2.63. The summed E-state index contributed by atoms with van der Waals surface area (Å²) in [6.07, 6.45) is 0.908. The number of morpholine rings is 1. The van der Waals surface area contributed by atoms with Crippen molar-refractivity contribution in [1.82, 2.24) is 13.3 Å². The van der Waals surface area contributed by atoms with Crippen LogP contribution in [0, 0.1) is 0 Å². The predicted octanol–water partition coefficient (Wildman–Crippen LogP) is 0.00630. The number of nitrogens with zero attached hydrogens (tertiary/aromatic N) is 2. The van der Waals surface area contributed by atoms with Gasteiger partial charge in [-0.2, -0.15) is 17.0 Å². The van der Waals surface area contributed by atoms with E-state index >= 15 is 0 Å². The summed E-state index contributed by atoms with van der Waals surface area (Å²) in [7, 11) is -7.07. The van der Waals surface area contributed by atoms with E-state index < -0.39 is 20.2 Å². The quantitative estimate of drug-likeness (QED) is 0.765. The van der Waals surface area contributed by atoms with Crippen molar-refractivity contribution >= 4 is 20.2 Å². The van der Waals surface area contributed by atoms with Gasteiger partial charge in [0.1, 0.15) is 0 Å². The molecule has 10 heteroatoms. The Bertz CT molecular complexity index is 769. The maximum atomic E-state index is 12.6. The number of hydrogen-bond donors (Lipinski definition) is 1. The maximum absolute atomic E-state index is 12.6. The Morgan fingerprint density at radius 2 is 1.44 bits per heavy atom. The van der Waals surface area contributed by atoms with E-state index in [9.17, 15) is 16.8 Å². The molecule has 0 atom stereocenters. The highest BCUT2D eigenvalue weighted by Crippen LogP contribution is 2.19. The van der Waals surface area contributed by atoms with E-state index in [1.54, 1.807) is 30.3 Å². The van der Waals surface area contributed by atoms with Crippen LogP contribution in [0.15, 0.2) is 35.2 Å². The summed E-state index contributed by atoms with van der Waals surface area (Å²) in [5, 5.41) is 0. The molecule has 2 heterocycles. The third-order valence-corrected chi connectivity index (χ3v) is 8.02. The van der Waals surface area contributed by atoms with Gasteiger partial charge in [-0.15, -0.1) is 0 Å². The summed E-state index contributed by atoms with van der Waals surface area (Å²) in [4.78, 5) is 0.221. The van der Waals surface area contributed by atoms with E-state index in [1.807, 2.05) is 0 Å². The molecule has 140 valence electrons. The molecule has 0 aliphatic carbocycles. The fourth-order valence-corrected chi connectivity index (χ4v) is 5.97. The Labute approximate surface area is 149 Å². The van der Waals surface area contributed by atoms with Gasteiger partial charge in [-0.05, 0) is 25.0 Å². The number of ether oxygens (including phenoxy) is 1. The second kappa shape index (κ2) is 7.68. The molecular formula is C15H23N3O5S2. The average molecular weight is 389 g/mol. The van der Waals surface area contributed by atoms with Gasteiger partial charge in [0.2, 0.25) is 10.0 Å². The highest BCUT2D eigenvalue weighted by atomic mass is 32.2.